The number of hydrogen-bond donors (Lipinski definition) is 3. The maximum atomic E-state index is 11.7. The van der Waals surface area contributed by atoms with Crippen LogP contribution < -0.4 is 10.0 Å². The van der Waals surface area contributed by atoms with Crippen molar-refractivity contribution >= 4 is 22.9 Å². The zero-order valence-electron chi connectivity index (χ0n) is 12.8. The van der Waals surface area contributed by atoms with Crippen LogP contribution in [0.1, 0.15) is 39.2 Å². The number of carbonyl (C=O) groups is 1. The van der Waals surface area contributed by atoms with Gasteiger partial charge in [0.1, 0.15) is 0 Å². The lowest BCUT2D eigenvalue weighted by molar-refractivity contribution is -0.121. The molecule has 1 rings (SSSR count). The third-order valence-corrected chi connectivity index (χ3v) is 3.41. The minimum absolute atomic E-state index is 0.0823. The first-order valence-corrected chi connectivity index (χ1v) is 8.10. The van der Waals surface area contributed by atoms with Crippen LogP contribution in [0.5, 0.6) is 0 Å². The molecule has 0 aromatic heterocycles. The molecule has 0 aliphatic heterocycles. The van der Waals surface area contributed by atoms with Gasteiger partial charge in [0.05, 0.1) is 0 Å². The van der Waals surface area contributed by atoms with E-state index in [-0.39, 0.29) is 11.3 Å². The molecule has 3 N–H and O–H groups in total. The van der Waals surface area contributed by atoms with Gasteiger partial charge in [0, 0.05) is 18.7 Å². The summed E-state index contributed by atoms with van der Waals surface area (Å²) in [5.41, 5.74) is 1.83. The first-order valence-electron chi connectivity index (χ1n) is 6.99. The second kappa shape index (κ2) is 8.14. The molecule has 0 aliphatic rings. The summed E-state index contributed by atoms with van der Waals surface area (Å²) in [7, 11) is 0. The molecule has 118 valence electrons. The lowest BCUT2D eigenvalue weighted by Crippen LogP contribution is -2.26. The molecule has 5 nitrogen and oxygen atoms in total. The van der Waals surface area contributed by atoms with Gasteiger partial charge in [-0.25, -0.2) is 4.21 Å². The van der Waals surface area contributed by atoms with Gasteiger partial charge in [0.2, 0.25) is 5.91 Å². The minimum Gasteiger partial charge on any atom is -0.356 e. The Hall–Kier alpha value is -1.40. The number of benzene rings is 1. The summed E-state index contributed by atoms with van der Waals surface area (Å²) in [6.07, 6.45) is 2.16. The van der Waals surface area contributed by atoms with Gasteiger partial charge in [-0.05, 0) is 36.0 Å². The average molecular weight is 312 g/mol. The highest BCUT2D eigenvalue weighted by atomic mass is 32.2. The van der Waals surface area contributed by atoms with Crippen LogP contribution in [0.2, 0.25) is 0 Å². The summed E-state index contributed by atoms with van der Waals surface area (Å²) in [6.45, 7) is 6.96. The van der Waals surface area contributed by atoms with Crippen molar-refractivity contribution in [3.8, 4) is 0 Å². The number of anilines is 1. The Balaban J connectivity index is 2.29. The zero-order chi connectivity index (χ0) is 15.9. The summed E-state index contributed by atoms with van der Waals surface area (Å²) in [6, 6.07) is 7.22. The maximum absolute atomic E-state index is 11.7. The predicted octanol–water partition coefficient (Wildman–Crippen LogP) is 2.72. The van der Waals surface area contributed by atoms with Gasteiger partial charge >= 0.3 is 0 Å². The van der Waals surface area contributed by atoms with Gasteiger partial charge in [0.25, 0.3) is 11.3 Å². The molecule has 0 bridgehead atoms. The molecule has 0 fully saturated rings. The third-order valence-electron chi connectivity index (χ3n) is 3.00. The highest BCUT2D eigenvalue weighted by Gasteiger charge is 2.12. The van der Waals surface area contributed by atoms with Gasteiger partial charge < -0.3 is 5.32 Å². The smallest absolute Gasteiger partial charge is 0.259 e. The van der Waals surface area contributed by atoms with Crippen LogP contribution in [0.3, 0.4) is 0 Å². The number of hydrogen-bond acceptors (Lipinski definition) is 2. The Labute approximate surface area is 128 Å². The molecule has 1 aromatic rings. The molecule has 0 spiro atoms. The minimum atomic E-state index is -2.05. The fraction of sp³-hybridized carbons (Fsp3) is 0.533. The van der Waals surface area contributed by atoms with Crippen molar-refractivity contribution in [3.63, 3.8) is 0 Å². The summed E-state index contributed by atoms with van der Waals surface area (Å²) < 4.78 is 21.7. The Morgan fingerprint density at radius 1 is 1.24 bits per heavy atom. The van der Waals surface area contributed by atoms with Crippen LogP contribution in [0.4, 0.5) is 5.69 Å². The van der Waals surface area contributed by atoms with Crippen LogP contribution in [-0.2, 0) is 22.5 Å². The van der Waals surface area contributed by atoms with Crippen LogP contribution >= 0.6 is 0 Å². The van der Waals surface area contributed by atoms with Crippen molar-refractivity contribution in [1.29, 1.82) is 0 Å². The molecule has 0 aliphatic carbocycles. The van der Waals surface area contributed by atoms with Crippen LogP contribution in [-0.4, -0.2) is 21.2 Å². The van der Waals surface area contributed by atoms with Gasteiger partial charge in [-0.1, -0.05) is 32.9 Å². The Bertz CT molecular complexity index is 481. The summed E-state index contributed by atoms with van der Waals surface area (Å²) in [5.74, 6) is 0.0823. The van der Waals surface area contributed by atoms with Crippen molar-refractivity contribution < 1.29 is 13.6 Å². The molecule has 21 heavy (non-hydrogen) atoms. The van der Waals surface area contributed by atoms with E-state index in [2.05, 4.69) is 30.8 Å². The van der Waals surface area contributed by atoms with Gasteiger partial charge in [0.15, 0.2) is 0 Å². The Kier molecular flexibility index (Phi) is 6.84. The Morgan fingerprint density at radius 2 is 1.86 bits per heavy atom. The van der Waals surface area contributed by atoms with E-state index in [0.29, 0.717) is 18.7 Å². The third kappa shape index (κ3) is 8.47. The number of carbonyl (C=O) groups excluding carboxylic acids is 1. The van der Waals surface area contributed by atoms with Crippen molar-refractivity contribution in [2.45, 2.75) is 40.0 Å². The Morgan fingerprint density at radius 3 is 2.38 bits per heavy atom. The van der Waals surface area contributed by atoms with E-state index in [1.165, 1.54) is 0 Å². The van der Waals surface area contributed by atoms with E-state index < -0.39 is 11.3 Å². The zero-order valence-corrected chi connectivity index (χ0v) is 13.6. The second-order valence-corrected chi connectivity index (χ2v) is 6.91. The SMILES string of the molecule is CC(C)(C)CCC(=O)NCCc1ccc(NS(=O)O)cc1. The van der Waals surface area contributed by atoms with Crippen molar-refractivity contribution in [1.82, 2.24) is 5.32 Å². The van der Waals surface area contributed by atoms with E-state index in [9.17, 15) is 9.00 Å². The van der Waals surface area contributed by atoms with E-state index in [1.54, 1.807) is 12.1 Å². The molecule has 0 saturated carbocycles. The number of rotatable bonds is 7. The van der Waals surface area contributed by atoms with Gasteiger partial charge in [-0.2, -0.15) is 0 Å². The summed E-state index contributed by atoms with van der Waals surface area (Å²) in [5, 5.41) is 2.91. The second-order valence-electron chi connectivity index (χ2n) is 6.21. The largest absolute Gasteiger partial charge is 0.356 e. The van der Waals surface area contributed by atoms with Crippen molar-refractivity contribution in [3.05, 3.63) is 29.8 Å². The van der Waals surface area contributed by atoms with E-state index in [0.717, 1.165) is 18.4 Å². The lowest BCUT2D eigenvalue weighted by Gasteiger charge is -2.17. The predicted molar refractivity (Wildman–Crippen MR) is 86.2 cm³/mol. The molecule has 6 heteroatoms. The monoisotopic (exact) mass is 312 g/mol. The summed E-state index contributed by atoms with van der Waals surface area (Å²) in [4.78, 5) is 11.7. The standard InChI is InChI=1S/C15H24N2O3S/c1-15(2,3)10-8-14(18)16-11-9-12-4-6-13(7-5-12)17-21(19)20/h4-7,17H,8-11H2,1-3H3,(H,16,18)(H,19,20). The maximum Gasteiger partial charge on any atom is 0.259 e. The molecular formula is C15H24N2O3S. The van der Waals surface area contributed by atoms with Gasteiger partial charge in [-0.15, -0.1) is 0 Å². The number of amides is 1. The molecule has 1 aromatic carbocycles. The lowest BCUT2D eigenvalue weighted by atomic mass is 9.90. The first-order chi connectivity index (χ1) is 9.76. The quantitative estimate of drug-likeness (QED) is 0.677. The fourth-order valence-electron chi connectivity index (χ4n) is 1.76. The normalized spacial score (nSPS) is 12.8. The average Bonchev–Trinajstić information content (AvgIpc) is 2.37. The molecule has 1 amide bonds. The summed E-state index contributed by atoms with van der Waals surface area (Å²) >= 11 is -2.05. The van der Waals surface area contributed by atoms with E-state index in [4.69, 9.17) is 4.55 Å². The molecule has 1 unspecified atom stereocenters. The highest BCUT2D eigenvalue weighted by Crippen LogP contribution is 2.20. The number of nitrogens with one attached hydrogen (secondary N) is 2. The van der Waals surface area contributed by atoms with Crippen molar-refractivity contribution in [2.24, 2.45) is 5.41 Å². The molecule has 1 atom stereocenters. The van der Waals surface area contributed by atoms with E-state index >= 15 is 0 Å². The van der Waals surface area contributed by atoms with Gasteiger partial charge in [-0.3, -0.25) is 14.1 Å². The van der Waals surface area contributed by atoms with E-state index in [1.807, 2.05) is 12.1 Å². The topological polar surface area (TPSA) is 78.4 Å². The molecule has 0 heterocycles. The van der Waals surface area contributed by atoms with Crippen LogP contribution in [0.25, 0.3) is 0 Å². The first kappa shape index (κ1) is 17.7. The van der Waals surface area contributed by atoms with Crippen LogP contribution in [0, 0.1) is 5.41 Å². The fourth-order valence-corrected chi connectivity index (χ4v) is 2.10. The highest BCUT2D eigenvalue weighted by molar-refractivity contribution is 7.80. The molecule has 0 saturated heterocycles. The van der Waals surface area contributed by atoms with Crippen molar-refractivity contribution in [2.75, 3.05) is 11.3 Å². The molecule has 0 radical (unpaired) electrons. The van der Waals surface area contributed by atoms with Crippen LogP contribution in [0.15, 0.2) is 24.3 Å². The molecular weight excluding hydrogens is 288 g/mol.